The summed E-state index contributed by atoms with van der Waals surface area (Å²) in [6.45, 7) is 6.20. The highest BCUT2D eigenvalue weighted by molar-refractivity contribution is 5.96. The number of aliphatic carboxylic acids is 1. The third-order valence-electron chi connectivity index (χ3n) is 5.18. The van der Waals surface area contributed by atoms with Gasteiger partial charge in [0.1, 0.15) is 12.1 Å². The third kappa shape index (κ3) is 7.49. The van der Waals surface area contributed by atoms with Crippen molar-refractivity contribution in [2.75, 3.05) is 6.54 Å². The van der Waals surface area contributed by atoms with Crippen LogP contribution in [-0.2, 0) is 24.0 Å². The second kappa shape index (κ2) is 11.3. The van der Waals surface area contributed by atoms with E-state index < -0.39 is 72.0 Å². The number of carboxylic acid groups (broad SMARTS) is 1. The Morgan fingerprint density at radius 3 is 2.00 bits per heavy atom. The number of carboxylic acids is 1. The average molecular weight is 465 g/mol. The molecule has 0 aliphatic carbocycles. The number of hydrogen-bond donors (Lipinski definition) is 3. The summed E-state index contributed by atoms with van der Waals surface area (Å²) in [4.78, 5) is 61.3. The van der Waals surface area contributed by atoms with Gasteiger partial charge in [0.25, 0.3) is 5.78 Å². The van der Waals surface area contributed by atoms with E-state index >= 15 is 0 Å². The fraction of sp³-hybridized carbons (Fsp3) is 0.750. The van der Waals surface area contributed by atoms with E-state index in [1.165, 1.54) is 18.7 Å². The van der Waals surface area contributed by atoms with Crippen LogP contribution in [0.4, 0.5) is 13.2 Å². The fourth-order valence-electron chi connectivity index (χ4n) is 3.42. The molecule has 0 spiro atoms. The molecule has 1 unspecified atom stereocenters. The van der Waals surface area contributed by atoms with Gasteiger partial charge in [-0.3, -0.25) is 24.0 Å². The number of nitrogens with zero attached hydrogens (tertiary/aromatic N) is 1. The minimum absolute atomic E-state index is 0.157. The summed E-state index contributed by atoms with van der Waals surface area (Å²) in [5.41, 5.74) is 0. The average Bonchev–Trinajstić information content (AvgIpc) is 3.16. The quantitative estimate of drug-likeness (QED) is 0.445. The van der Waals surface area contributed by atoms with E-state index in [-0.39, 0.29) is 19.4 Å². The van der Waals surface area contributed by atoms with Crippen molar-refractivity contribution in [1.29, 1.82) is 0 Å². The molecule has 0 aromatic rings. The minimum Gasteiger partial charge on any atom is -0.481 e. The van der Waals surface area contributed by atoms with Crippen molar-refractivity contribution in [3.8, 4) is 0 Å². The van der Waals surface area contributed by atoms with Crippen molar-refractivity contribution in [1.82, 2.24) is 15.5 Å². The summed E-state index contributed by atoms with van der Waals surface area (Å²) in [5, 5.41) is 13.3. The van der Waals surface area contributed by atoms with Crippen molar-refractivity contribution in [3.05, 3.63) is 0 Å². The number of alkyl halides is 3. The van der Waals surface area contributed by atoms with Crippen molar-refractivity contribution in [3.63, 3.8) is 0 Å². The first kappa shape index (κ1) is 27.4. The first-order valence-electron chi connectivity index (χ1n) is 10.4. The van der Waals surface area contributed by atoms with Crippen LogP contribution in [0.2, 0.25) is 0 Å². The van der Waals surface area contributed by atoms with Crippen LogP contribution >= 0.6 is 0 Å². The van der Waals surface area contributed by atoms with Gasteiger partial charge in [-0.1, -0.05) is 27.7 Å². The van der Waals surface area contributed by atoms with E-state index in [4.69, 9.17) is 5.11 Å². The number of rotatable bonds is 10. The topological polar surface area (TPSA) is 133 Å². The van der Waals surface area contributed by atoms with Crippen molar-refractivity contribution in [2.24, 2.45) is 11.8 Å². The molecule has 1 aliphatic rings. The van der Waals surface area contributed by atoms with Gasteiger partial charge in [-0.2, -0.15) is 13.2 Å². The summed E-state index contributed by atoms with van der Waals surface area (Å²) in [6, 6.07) is -3.90. The molecule has 182 valence electrons. The maximum absolute atomic E-state index is 13.1. The highest BCUT2D eigenvalue weighted by Crippen LogP contribution is 2.24. The second-order valence-electron chi connectivity index (χ2n) is 8.46. The Hall–Kier alpha value is -2.66. The maximum Gasteiger partial charge on any atom is 0.452 e. The first-order valence-corrected chi connectivity index (χ1v) is 10.4. The van der Waals surface area contributed by atoms with E-state index in [2.05, 4.69) is 10.6 Å². The number of hydrogen-bond acceptors (Lipinski definition) is 5. The van der Waals surface area contributed by atoms with Crippen LogP contribution in [0.1, 0.15) is 53.4 Å². The Morgan fingerprint density at radius 1 is 0.969 bits per heavy atom. The minimum atomic E-state index is -5.11. The van der Waals surface area contributed by atoms with E-state index in [0.717, 1.165) is 0 Å². The van der Waals surface area contributed by atoms with E-state index in [9.17, 15) is 37.1 Å². The predicted octanol–water partition coefficient (Wildman–Crippen LogP) is 1.26. The molecule has 1 aliphatic heterocycles. The largest absolute Gasteiger partial charge is 0.481 e. The lowest BCUT2D eigenvalue weighted by Crippen LogP contribution is -2.58. The van der Waals surface area contributed by atoms with Gasteiger partial charge in [0.2, 0.25) is 17.7 Å². The zero-order valence-electron chi connectivity index (χ0n) is 18.5. The number of Topliss-reactive ketones (excluding diaryl/α,β-unsaturated/α-hetero) is 1. The molecule has 3 N–H and O–H groups in total. The lowest BCUT2D eigenvalue weighted by Gasteiger charge is -2.31. The number of likely N-dealkylation sites (tertiary alicyclic amines) is 1. The van der Waals surface area contributed by atoms with Crippen LogP contribution in [0.5, 0.6) is 0 Å². The molecule has 0 saturated carbocycles. The summed E-state index contributed by atoms with van der Waals surface area (Å²) in [6.07, 6.45) is -5.24. The number of carbonyl (C=O) groups excluding carboxylic acids is 4. The normalized spacial score (nSPS) is 18.4. The number of carbonyl (C=O) groups is 5. The molecule has 32 heavy (non-hydrogen) atoms. The molecule has 3 amide bonds. The summed E-state index contributed by atoms with van der Waals surface area (Å²) in [5.74, 6) is -6.56. The smallest absolute Gasteiger partial charge is 0.452 e. The van der Waals surface area contributed by atoms with Gasteiger partial charge in [-0.25, -0.2) is 0 Å². The Kier molecular flexibility index (Phi) is 9.65. The molecule has 1 saturated heterocycles. The third-order valence-corrected chi connectivity index (χ3v) is 5.18. The van der Waals surface area contributed by atoms with Crippen molar-refractivity contribution < 1.29 is 42.3 Å². The molecule has 0 radical (unpaired) electrons. The molecule has 1 fully saturated rings. The van der Waals surface area contributed by atoms with E-state index in [1.54, 1.807) is 13.8 Å². The Morgan fingerprint density at radius 2 is 1.53 bits per heavy atom. The molecule has 1 heterocycles. The first-order chi connectivity index (χ1) is 14.7. The van der Waals surface area contributed by atoms with Gasteiger partial charge in [-0.05, 0) is 24.7 Å². The molecular formula is C20H30F3N3O6. The van der Waals surface area contributed by atoms with Crippen molar-refractivity contribution >= 4 is 29.5 Å². The van der Waals surface area contributed by atoms with Gasteiger partial charge in [0.05, 0.1) is 12.5 Å². The molecule has 9 nitrogen and oxygen atoms in total. The molecule has 0 aromatic heterocycles. The van der Waals surface area contributed by atoms with Gasteiger partial charge in [-0.15, -0.1) is 0 Å². The zero-order chi connectivity index (χ0) is 24.8. The second-order valence-corrected chi connectivity index (χ2v) is 8.46. The molecule has 3 atom stereocenters. The predicted molar refractivity (Wildman–Crippen MR) is 106 cm³/mol. The van der Waals surface area contributed by atoms with E-state index in [1.807, 2.05) is 0 Å². The lowest BCUT2D eigenvalue weighted by molar-refractivity contribution is -0.175. The van der Waals surface area contributed by atoms with Gasteiger partial charge in [0, 0.05) is 13.0 Å². The number of nitrogens with one attached hydrogen (secondary N) is 2. The highest BCUT2D eigenvalue weighted by atomic mass is 19.4. The molecule has 1 rings (SSSR count). The standard InChI is InChI=1S/C20H30F3N3O6/c1-10(2)15(17(30)20(21,22)23)25-18(31)12-6-5-9-26(12)19(32)16(11(3)4)24-13(27)7-8-14(28)29/h10-12,15-16H,5-9H2,1-4H3,(H,24,27)(H,25,31)(H,28,29)/t12-,15?,16-/m0/s1. The van der Waals surface area contributed by atoms with Gasteiger partial charge >= 0.3 is 12.1 Å². The van der Waals surface area contributed by atoms with Crippen molar-refractivity contribution in [2.45, 2.75) is 77.7 Å². The van der Waals surface area contributed by atoms with Crippen LogP contribution in [-0.4, -0.2) is 70.3 Å². The van der Waals surface area contributed by atoms with Crippen LogP contribution in [0, 0.1) is 11.8 Å². The maximum atomic E-state index is 13.1. The lowest BCUT2D eigenvalue weighted by atomic mass is 9.98. The number of ketones is 1. The zero-order valence-corrected chi connectivity index (χ0v) is 18.5. The SMILES string of the molecule is CC(C)C(NC(=O)[C@@H]1CCCN1C(=O)[C@@H](NC(=O)CCC(=O)O)C(C)C)C(=O)C(F)(F)F. The monoisotopic (exact) mass is 465 g/mol. The molecule has 12 heteroatoms. The van der Waals surface area contributed by atoms with Gasteiger partial charge in [0.15, 0.2) is 0 Å². The highest BCUT2D eigenvalue weighted by Gasteiger charge is 2.46. The fourth-order valence-corrected chi connectivity index (χ4v) is 3.42. The van der Waals surface area contributed by atoms with Crippen LogP contribution in [0.3, 0.4) is 0 Å². The molecule has 0 bridgehead atoms. The summed E-state index contributed by atoms with van der Waals surface area (Å²) < 4.78 is 38.6. The van der Waals surface area contributed by atoms with Crippen LogP contribution < -0.4 is 10.6 Å². The Labute approximate surface area is 184 Å². The summed E-state index contributed by atoms with van der Waals surface area (Å²) in [7, 11) is 0. The Balaban J connectivity index is 2.96. The summed E-state index contributed by atoms with van der Waals surface area (Å²) >= 11 is 0. The van der Waals surface area contributed by atoms with Crippen LogP contribution in [0.15, 0.2) is 0 Å². The van der Waals surface area contributed by atoms with E-state index in [0.29, 0.717) is 6.42 Å². The number of amides is 3. The Bertz CT molecular complexity index is 739. The number of halogens is 3. The molecule has 0 aromatic carbocycles. The van der Waals surface area contributed by atoms with Crippen LogP contribution in [0.25, 0.3) is 0 Å². The van der Waals surface area contributed by atoms with Gasteiger partial charge < -0.3 is 20.6 Å². The molecular weight excluding hydrogens is 435 g/mol.